The fourth-order valence-electron chi connectivity index (χ4n) is 2.11. The Kier molecular flexibility index (Phi) is 7.17. The lowest BCUT2D eigenvalue weighted by Crippen LogP contribution is -2.36. The molecule has 0 amide bonds. The standard InChI is InChI=1S/C16H24N2/c1-4-12-17-14-16(18(6-3)13-5-2)15-10-8-7-9-11-15/h2,7-11,16-17H,4,6,12-14H2,1,3H3. The molecule has 2 heteroatoms. The van der Waals surface area contributed by atoms with Gasteiger partial charge in [0, 0.05) is 12.6 Å². The molecule has 0 fully saturated rings. The van der Waals surface area contributed by atoms with Crippen LogP contribution in [0.2, 0.25) is 0 Å². The van der Waals surface area contributed by atoms with Crippen LogP contribution in [0.5, 0.6) is 0 Å². The van der Waals surface area contributed by atoms with Crippen LogP contribution in [0.1, 0.15) is 31.9 Å². The van der Waals surface area contributed by atoms with Crippen molar-refractivity contribution in [3.63, 3.8) is 0 Å². The molecule has 0 bridgehead atoms. The predicted molar refractivity (Wildman–Crippen MR) is 78.4 cm³/mol. The van der Waals surface area contributed by atoms with Crippen molar-refractivity contribution in [2.75, 3.05) is 26.2 Å². The van der Waals surface area contributed by atoms with Crippen LogP contribution in [0.3, 0.4) is 0 Å². The first-order valence-electron chi connectivity index (χ1n) is 6.76. The molecule has 1 aromatic rings. The summed E-state index contributed by atoms with van der Waals surface area (Å²) in [6.45, 7) is 8.02. The number of likely N-dealkylation sites (N-methyl/N-ethyl adjacent to an activating group) is 1. The molecule has 0 aliphatic carbocycles. The van der Waals surface area contributed by atoms with Gasteiger partial charge in [0.2, 0.25) is 0 Å². The maximum absolute atomic E-state index is 5.46. The van der Waals surface area contributed by atoms with Crippen LogP contribution in [0.15, 0.2) is 30.3 Å². The van der Waals surface area contributed by atoms with Gasteiger partial charge in [-0.05, 0) is 25.1 Å². The first kappa shape index (κ1) is 14.8. The Morgan fingerprint density at radius 1 is 1.28 bits per heavy atom. The van der Waals surface area contributed by atoms with E-state index in [2.05, 4.69) is 60.3 Å². The molecule has 1 atom stereocenters. The van der Waals surface area contributed by atoms with E-state index in [1.807, 2.05) is 0 Å². The highest BCUT2D eigenvalue weighted by Crippen LogP contribution is 2.19. The molecule has 1 unspecified atom stereocenters. The third-order valence-electron chi connectivity index (χ3n) is 3.09. The molecule has 1 rings (SSSR count). The smallest absolute Gasteiger partial charge is 0.0604 e. The van der Waals surface area contributed by atoms with Gasteiger partial charge in [0.25, 0.3) is 0 Å². The second-order valence-electron chi connectivity index (χ2n) is 4.40. The number of hydrogen-bond donors (Lipinski definition) is 1. The molecule has 0 saturated heterocycles. The number of nitrogens with zero attached hydrogens (tertiary/aromatic N) is 1. The van der Waals surface area contributed by atoms with Gasteiger partial charge in [-0.3, -0.25) is 4.90 Å². The summed E-state index contributed by atoms with van der Waals surface area (Å²) in [5, 5.41) is 3.50. The third-order valence-corrected chi connectivity index (χ3v) is 3.09. The van der Waals surface area contributed by atoms with E-state index in [1.54, 1.807) is 0 Å². The number of benzene rings is 1. The maximum Gasteiger partial charge on any atom is 0.0604 e. The lowest BCUT2D eigenvalue weighted by Gasteiger charge is -2.29. The number of hydrogen-bond acceptors (Lipinski definition) is 2. The summed E-state index contributed by atoms with van der Waals surface area (Å²) < 4.78 is 0. The minimum Gasteiger partial charge on any atom is -0.315 e. The zero-order valence-corrected chi connectivity index (χ0v) is 11.5. The predicted octanol–water partition coefficient (Wildman–Crippen LogP) is 2.68. The normalized spacial score (nSPS) is 12.3. The first-order valence-corrected chi connectivity index (χ1v) is 6.76. The van der Waals surface area contributed by atoms with Gasteiger partial charge in [-0.25, -0.2) is 0 Å². The van der Waals surface area contributed by atoms with Crippen molar-refractivity contribution in [1.82, 2.24) is 10.2 Å². The van der Waals surface area contributed by atoms with Gasteiger partial charge in [-0.2, -0.15) is 0 Å². The van der Waals surface area contributed by atoms with Crippen molar-refractivity contribution < 1.29 is 0 Å². The molecule has 1 N–H and O–H groups in total. The molecule has 98 valence electrons. The average molecular weight is 244 g/mol. The molecule has 0 saturated carbocycles. The van der Waals surface area contributed by atoms with E-state index in [0.29, 0.717) is 12.6 Å². The van der Waals surface area contributed by atoms with Crippen LogP contribution in [0.4, 0.5) is 0 Å². The van der Waals surface area contributed by atoms with E-state index in [4.69, 9.17) is 6.42 Å². The Labute approximate surface area is 111 Å². The Morgan fingerprint density at radius 2 is 2.00 bits per heavy atom. The number of terminal acetylenes is 1. The highest BCUT2D eigenvalue weighted by Gasteiger charge is 2.17. The minimum absolute atomic E-state index is 0.360. The SMILES string of the molecule is C#CCN(CC)C(CNCCC)c1ccccc1. The van der Waals surface area contributed by atoms with E-state index in [1.165, 1.54) is 5.56 Å². The topological polar surface area (TPSA) is 15.3 Å². The van der Waals surface area contributed by atoms with Gasteiger partial charge in [-0.1, -0.05) is 50.1 Å². The highest BCUT2D eigenvalue weighted by atomic mass is 15.2. The van der Waals surface area contributed by atoms with E-state index in [-0.39, 0.29) is 0 Å². The summed E-state index contributed by atoms with van der Waals surface area (Å²) in [5.74, 6) is 2.76. The Bertz CT molecular complexity index is 353. The van der Waals surface area contributed by atoms with E-state index in [9.17, 15) is 0 Å². The summed E-state index contributed by atoms with van der Waals surface area (Å²) in [6.07, 6.45) is 6.62. The lowest BCUT2D eigenvalue weighted by atomic mass is 10.1. The summed E-state index contributed by atoms with van der Waals surface area (Å²) in [4.78, 5) is 2.33. The van der Waals surface area contributed by atoms with Gasteiger partial charge >= 0.3 is 0 Å². The van der Waals surface area contributed by atoms with Crippen LogP contribution < -0.4 is 5.32 Å². The maximum atomic E-state index is 5.46. The molecular weight excluding hydrogens is 220 g/mol. The van der Waals surface area contributed by atoms with E-state index in [0.717, 1.165) is 26.1 Å². The van der Waals surface area contributed by atoms with Crippen molar-refractivity contribution in [3.8, 4) is 12.3 Å². The summed E-state index contributed by atoms with van der Waals surface area (Å²) in [6, 6.07) is 10.9. The summed E-state index contributed by atoms with van der Waals surface area (Å²) in [5.41, 5.74) is 1.33. The average Bonchev–Trinajstić information content (AvgIpc) is 2.43. The number of nitrogens with one attached hydrogen (secondary N) is 1. The monoisotopic (exact) mass is 244 g/mol. The molecular formula is C16H24N2. The van der Waals surface area contributed by atoms with Crippen LogP contribution in [0, 0.1) is 12.3 Å². The van der Waals surface area contributed by atoms with Crippen molar-refractivity contribution >= 4 is 0 Å². The van der Waals surface area contributed by atoms with Gasteiger partial charge in [0.05, 0.1) is 6.54 Å². The molecule has 0 aliphatic heterocycles. The molecule has 0 radical (unpaired) electrons. The highest BCUT2D eigenvalue weighted by molar-refractivity contribution is 5.20. The number of rotatable bonds is 8. The second kappa shape index (κ2) is 8.74. The summed E-state index contributed by atoms with van der Waals surface area (Å²) >= 11 is 0. The fourth-order valence-corrected chi connectivity index (χ4v) is 2.11. The molecule has 0 aliphatic rings. The Balaban J connectivity index is 2.77. The summed E-state index contributed by atoms with van der Waals surface area (Å²) in [7, 11) is 0. The van der Waals surface area contributed by atoms with Crippen molar-refractivity contribution in [3.05, 3.63) is 35.9 Å². The van der Waals surface area contributed by atoms with Gasteiger partial charge in [0.15, 0.2) is 0 Å². The zero-order chi connectivity index (χ0) is 13.2. The Hall–Kier alpha value is -1.30. The van der Waals surface area contributed by atoms with Gasteiger partial charge < -0.3 is 5.32 Å². The van der Waals surface area contributed by atoms with Crippen molar-refractivity contribution in [1.29, 1.82) is 0 Å². The molecule has 18 heavy (non-hydrogen) atoms. The lowest BCUT2D eigenvalue weighted by molar-refractivity contribution is 0.228. The zero-order valence-electron chi connectivity index (χ0n) is 11.5. The van der Waals surface area contributed by atoms with Gasteiger partial charge in [-0.15, -0.1) is 6.42 Å². The molecule has 1 aromatic carbocycles. The van der Waals surface area contributed by atoms with Crippen LogP contribution >= 0.6 is 0 Å². The first-order chi connectivity index (χ1) is 8.83. The van der Waals surface area contributed by atoms with Crippen LogP contribution in [0.25, 0.3) is 0 Å². The van der Waals surface area contributed by atoms with Crippen LogP contribution in [-0.2, 0) is 0 Å². The van der Waals surface area contributed by atoms with E-state index >= 15 is 0 Å². The van der Waals surface area contributed by atoms with Crippen molar-refractivity contribution in [2.45, 2.75) is 26.3 Å². The largest absolute Gasteiger partial charge is 0.315 e. The minimum atomic E-state index is 0.360. The molecule has 0 spiro atoms. The molecule has 0 heterocycles. The second-order valence-corrected chi connectivity index (χ2v) is 4.40. The van der Waals surface area contributed by atoms with Crippen LogP contribution in [-0.4, -0.2) is 31.1 Å². The van der Waals surface area contributed by atoms with E-state index < -0.39 is 0 Å². The third kappa shape index (κ3) is 4.52. The van der Waals surface area contributed by atoms with Gasteiger partial charge in [0.1, 0.15) is 0 Å². The van der Waals surface area contributed by atoms with Crippen molar-refractivity contribution in [2.24, 2.45) is 0 Å². The molecule has 0 aromatic heterocycles. The Morgan fingerprint density at radius 3 is 2.56 bits per heavy atom. The fraction of sp³-hybridized carbons (Fsp3) is 0.500. The molecule has 2 nitrogen and oxygen atoms in total. The quantitative estimate of drug-likeness (QED) is 0.559.